The molecule has 0 fully saturated rings. The number of benzene rings is 4. The number of esters is 2. The normalized spacial score (nSPS) is 15.7. The zero-order valence-corrected chi connectivity index (χ0v) is 31.2. The van der Waals surface area contributed by atoms with Crippen molar-refractivity contribution >= 4 is 64.7 Å². The van der Waals surface area contributed by atoms with E-state index in [-0.39, 0.29) is 42.1 Å². The van der Waals surface area contributed by atoms with Gasteiger partial charge in [-0.2, -0.15) is 20.2 Å². The third kappa shape index (κ3) is 10.2. The number of aromatic carboxylic acids is 1. The predicted molar refractivity (Wildman–Crippen MR) is 212 cm³/mol. The number of aliphatic hydroxyl groups excluding tert-OH is 1. The Kier molecular flexibility index (Phi) is 13.2. The van der Waals surface area contributed by atoms with Crippen molar-refractivity contribution in [1.82, 2.24) is 0 Å². The fourth-order valence-electron chi connectivity index (χ4n) is 5.28. The smallest absolute Gasteiger partial charge is 0.338 e. The highest BCUT2D eigenvalue weighted by molar-refractivity contribution is 6.33. The lowest BCUT2D eigenvalue weighted by molar-refractivity contribution is -0.151. The van der Waals surface area contributed by atoms with Crippen LogP contribution in [0.25, 0.3) is 12.2 Å². The first-order valence-corrected chi connectivity index (χ1v) is 17.6. The summed E-state index contributed by atoms with van der Waals surface area (Å²) in [4.78, 5) is 60.0. The molecule has 2 heterocycles. The Bertz CT molecular complexity index is 2210. The lowest BCUT2D eigenvalue weighted by Crippen LogP contribution is -2.26. The third-order valence-electron chi connectivity index (χ3n) is 8.35. The molecule has 1 unspecified atom stereocenters. The average Bonchev–Trinajstić information content (AvgIpc) is 3.65. The van der Waals surface area contributed by atoms with Gasteiger partial charge in [-0.3, -0.25) is 14.4 Å². The maximum absolute atomic E-state index is 12.9. The Labute approximate surface area is 323 Å². The van der Waals surface area contributed by atoms with Gasteiger partial charge in [-0.15, -0.1) is 0 Å². The topological polar surface area (TPSA) is 175 Å². The molecule has 2 aliphatic rings. The molecule has 0 aliphatic carbocycles. The van der Waals surface area contributed by atoms with Crippen LogP contribution in [0, 0.1) is 5.92 Å². The Morgan fingerprint density at radius 1 is 0.643 bits per heavy atom. The van der Waals surface area contributed by atoms with Crippen molar-refractivity contribution in [2.75, 3.05) is 23.2 Å². The van der Waals surface area contributed by atoms with Crippen molar-refractivity contribution in [3.63, 3.8) is 0 Å². The molecule has 0 bridgehead atoms. The molecule has 13 nitrogen and oxygen atoms in total. The number of nitrogens with zero attached hydrogens (tertiary/aromatic N) is 4. The first kappa shape index (κ1) is 40.2. The number of amides is 2. The van der Waals surface area contributed by atoms with Crippen LogP contribution in [0.3, 0.4) is 0 Å². The molecule has 4 aromatic carbocycles. The number of carboxylic acid groups (broad SMARTS) is 1. The molecule has 2 aliphatic heterocycles. The van der Waals surface area contributed by atoms with Gasteiger partial charge < -0.3 is 19.7 Å². The molecular weight excluding hydrogens is 716 g/mol. The summed E-state index contributed by atoms with van der Waals surface area (Å²) in [7, 11) is 0. The summed E-state index contributed by atoms with van der Waals surface area (Å²) in [6.07, 6.45) is 2.47. The lowest BCUT2D eigenvalue weighted by Gasteiger charge is -2.14. The first-order chi connectivity index (χ1) is 26.8. The summed E-state index contributed by atoms with van der Waals surface area (Å²) in [5, 5.41) is 29.9. The highest BCUT2D eigenvalue weighted by atomic mass is 16.6. The average molecular weight is 757 g/mol. The van der Waals surface area contributed by atoms with Crippen LogP contribution >= 0.6 is 0 Å². The molecule has 0 aromatic heterocycles. The van der Waals surface area contributed by atoms with E-state index in [1.165, 1.54) is 34.3 Å². The minimum absolute atomic E-state index is 0.168. The molecule has 0 spiro atoms. The van der Waals surface area contributed by atoms with Crippen LogP contribution in [0.15, 0.2) is 131 Å². The number of anilines is 2. The van der Waals surface area contributed by atoms with Gasteiger partial charge >= 0.3 is 17.9 Å². The number of hydrogen-bond donors (Lipinski definition) is 2. The second kappa shape index (κ2) is 18.4. The first-order valence-electron chi connectivity index (χ1n) is 17.6. The number of carboxylic acids is 1. The number of carbonyl (C=O) groups is 5. The number of carbonyl (C=O) groups excluding carboxylic acids is 4. The van der Waals surface area contributed by atoms with Gasteiger partial charge in [-0.1, -0.05) is 74.5 Å². The van der Waals surface area contributed by atoms with Crippen molar-refractivity contribution < 1.29 is 43.7 Å². The van der Waals surface area contributed by atoms with Crippen molar-refractivity contribution in [3.05, 3.63) is 143 Å². The van der Waals surface area contributed by atoms with Crippen LogP contribution in [-0.4, -0.2) is 70.7 Å². The number of hydrazone groups is 2. The van der Waals surface area contributed by atoms with Gasteiger partial charge in [-0.25, -0.2) is 9.59 Å². The number of ether oxygens (including phenoxy) is 2. The van der Waals surface area contributed by atoms with E-state index < -0.39 is 24.0 Å². The molecule has 4 aromatic rings. The lowest BCUT2D eigenvalue weighted by atomic mass is 10.1. The molecule has 0 saturated heterocycles. The fourth-order valence-corrected chi connectivity index (χ4v) is 5.28. The predicted octanol–water partition coefficient (Wildman–Crippen LogP) is 6.40. The highest BCUT2D eigenvalue weighted by Crippen LogP contribution is 2.27. The van der Waals surface area contributed by atoms with Gasteiger partial charge in [0.25, 0.3) is 11.8 Å². The van der Waals surface area contributed by atoms with Gasteiger partial charge in [0, 0.05) is 0 Å². The van der Waals surface area contributed by atoms with Gasteiger partial charge in [-0.05, 0) is 85.7 Å². The standard InChI is InChI=1S/C25H26N2O6.C18H14N2O3/c1-16(2)24(30)32-14-21(28)15-33-25(31)19-9-11-20(12-10-19)27-23(29)22(17(3)26-27)13-18-7-5-4-6-8-18;1-12-16(11-13-5-3-2-4-6-13)17(21)20(19-12)15-9-7-14(8-10-15)18(22)23/h4-13,16,21,28H,14-15H2,1-3H3;2-11H,1H3,(H,22,23)/b22-13-;16-11-. The van der Waals surface area contributed by atoms with Crippen LogP contribution in [0.2, 0.25) is 0 Å². The molecule has 1 atom stereocenters. The van der Waals surface area contributed by atoms with Crippen LogP contribution in [-0.2, 0) is 23.9 Å². The van der Waals surface area contributed by atoms with E-state index in [1.807, 2.05) is 60.7 Å². The monoisotopic (exact) mass is 756 g/mol. The molecule has 56 heavy (non-hydrogen) atoms. The van der Waals surface area contributed by atoms with Crippen LogP contribution in [0.5, 0.6) is 0 Å². The Hall–Kier alpha value is -6.99. The molecule has 0 saturated carbocycles. The minimum Gasteiger partial charge on any atom is -0.478 e. The summed E-state index contributed by atoms with van der Waals surface area (Å²) < 4.78 is 9.98. The molecule has 286 valence electrons. The zero-order chi connectivity index (χ0) is 40.4. The Morgan fingerprint density at radius 3 is 1.46 bits per heavy atom. The van der Waals surface area contributed by atoms with Gasteiger partial charge in [0.05, 0.1) is 51.0 Å². The number of aliphatic hydroxyl groups is 1. The Morgan fingerprint density at radius 2 is 1.05 bits per heavy atom. The quantitative estimate of drug-likeness (QED) is 0.130. The molecule has 13 heteroatoms. The summed E-state index contributed by atoms with van der Waals surface area (Å²) in [5.74, 6) is -2.88. The van der Waals surface area contributed by atoms with Crippen molar-refractivity contribution in [2.24, 2.45) is 16.1 Å². The summed E-state index contributed by atoms with van der Waals surface area (Å²) >= 11 is 0. The van der Waals surface area contributed by atoms with Gasteiger partial charge in [0.2, 0.25) is 0 Å². The van der Waals surface area contributed by atoms with Crippen molar-refractivity contribution in [1.29, 1.82) is 0 Å². The number of rotatable bonds is 11. The van der Waals surface area contributed by atoms with Crippen LogP contribution in [0.4, 0.5) is 11.4 Å². The maximum atomic E-state index is 12.9. The summed E-state index contributed by atoms with van der Waals surface area (Å²) in [6.45, 7) is 6.34. The largest absolute Gasteiger partial charge is 0.478 e. The highest BCUT2D eigenvalue weighted by Gasteiger charge is 2.30. The maximum Gasteiger partial charge on any atom is 0.338 e. The van der Waals surface area contributed by atoms with E-state index in [1.54, 1.807) is 64.1 Å². The third-order valence-corrected chi connectivity index (χ3v) is 8.35. The van der Waals surface area contributed by atoms with Gasteiger partial charge in [0.15, 0.2) is 0 Å². The fraction of sp³-hybridized carbons (Fsp3) is 0.186. The molecule has 6 rings (SSSR count). The van der Waals surface area contributed by atoms with Gasteiger partial charge in [0.1, 0.15) is 19.3 Å². The Balaban J connectivity index is 0.000000228. The SMILES string of the molecule is CC1=NN(c2ccc(C(=O)O)cc2)C(=O)/C1=C\c1ccccc1.CC1=NN(c2ccc(C(=O)OCC(O)COC(=O)C(C)C)cc2)C(=O)/C1=C\c1ccccc1. The van der Waals surface area contributed by atoms with E-state index in [0.29, 0.717) is 33.9 Å². The molecule has 2 amide bonds. The minimum atomic E-state index is -1.12. The second-order valence-electron chi connectivity index (χ2n) is 13.0. The number of hydrogen-bond acceptors (Lipinski definition) is 10. The zero-order valence-electron chi connectivity index (χ0n) is 31.2. The van der Waals surface area contributed by atoms with Crippen molar-refractivity contribution in [2.45, 2.75) is 33.8 Å². The van der Waals surface area contributed by atoms with Crippen LogP contribution < -0.4 is 10.0 Å². The van der Waals surface area contributed by atoms with Crippen LogP contribution in [0.1, 0.15) is 59.5 Å². The summed E-state index contributed by atoms with van der Waals surface area (Å²) in [6, 6.07) is 31.3. The summed E-state index contributed by atoms with van der Waals surface area (Å²) in [5.41, 5.74) is 5.53. The molecule has 2 N–H and O–H groups in total. The molecule has 0 radical (unpaired) electrons. The molecular formula is C43H40N4O9. The van der Waals surface area contributed by atoms with E-state index in [9.17, 15) is 29.1 Å². The van der Waals surface area contributed by atoms with E-state index >= 15 is 0 Å². The van der Waals surface area contributed by atoms with E-state index in [2.05, 4.69) is 10.2 Å². The second-order valence-corrected chi connectivity index (χ2v) is 13.0. The van der Waals surface area contributed by atoms with E-state index in [0.717, 1.165) is 11.1 Å². The van der Waals surface area contributed by atoms with E-state index in [4.69, 9.17) is 14.6 Å². The van der Waals surface area contributed by atoms with Crippen molar-refractivity contribution in [3.8, 4) is 0 Å².